The Kier molecular flexibility index (Phi) is 4.84. The van der Waals surface area contributed by atoms with Crippen molar-refractivity contribution in [2.75, 3.05) is 5.73 Å². The third-order valence-corrected chi connectivity index (χ3v) is 2.66. The van der Waals surface area contributed by atoms with Gasteiger partial charge in [-0.15, -0.1) is 0 Å². The van der Waals surface area contributed by atoms with Crippen LogP contribution in [0.1, 0.15) is 7.43 Å². The maximum atomic E-state index is 5.71. The van der Waals surface area contributed by atoms with Gasteiger partial charge in [0.05, 0.1) is 0 Å². The van der Waals surface area contributed by atoms with E-state index >= 15 is 0 Å². The fraction of sp³-hybridized carbons (Fsp3) is 0.200. The number of nitrogens with two attached hydrogens (primary N) is 1. The van der Waals surface area contributed by atoms with Crippen molar-refractivity contribution in [3.63, 3.8) is 0 Å². The Labute approximate surface area is 110 Å². The van der Waals surface area contributed by atoms with Crippen LogP contribution < -0.4 is 15.9 Å². The third-order valence-electron chi connectivity index (χ3n) is 2.66. The monoisotopic (exact) mass is 241 g/mol. The quantitative estimate of drug-likeness (QED) is 0.657. The highest BCUT2D eigenvalue weighted by Gasteiger charge is 2.03. The van der Waals surface area contributed by atoms with Gasteiger partial charge in [0.25, 0.3) is 0 Å². The summed E-state index contributed by atoms with van der Waals surface area (Å²) in [5.41, 5.74) is 7.68. The van der Waals surface area contributed by atoms with Gasteiger partial charge in [-0.05, 0) is 36.4 Å². The highest BCUT2D eigenvalue weighted by molar-refractivity contribution is 6.70. The molecule has 0 saturated carbocycles. The molecule has 3 heteroatoms. The molecule has 0 aliphatic heterocycles. The Hall–Kier alpha value is -1.90. The van der Waals surface area contributed by atoms with Gasteiger partial charge in [0.2, 0.25) is 0 Å². The lowest BCUT2D eigenvalue weighted by Gasteiger charge is -2.07. The molecule has 2 rings (SSSR count). The van der Waals surface area contributed by atoms with Crippen LogP contribution in [0.25, 0.3) is 0 Å². The van der Waals surface area contributed by atoms with Gasteiger partial charge in [-0.1, -0.05) is 38.7 Å². The van der Waals surface area contributed by atoms with Crippen LogP contribution in [-0.4, -0.2) is 6.71 Å². The van der Waals surface area contributed by atoms with Gasteiger partial charge >= 0.3 is 0 Å². The van der Waals surface area contributed by atoms with Gasteiger partial charge in [-0.25, -0.2) is 0 Å². The van der Waals surface area contributed by atoms with Crippen molar-refractivity contribution in [3.05, 3.63) is 48.5 Å². The van der Waals surface area contributed by atoms with E-state index < -0.39 is 0 Å². The smallest absolute Gasteiger partial charge is 0.169 e. The lowest BCUT2D eigenvalue weighted by atomic mass is 9.49. The van der Waals surface area contributed by atoms with Crippen molar-refractivity contribution < 1.29 is 4.74 Å². The Morgan fingerprint density at radius 1 is 0.833 bits per heavy atom. The number of benzene rings is 2. The van der Waals surface area contributed by atoms with Gasteiger partial charge in [0, 0.05) is 5.69 Å². The standard InChI is InChI=1S/C14H16BNO.CH4/c1-15(2)11-3-7-13(8-4-11)17-14-9-5-12(16)6-10-14;/h3-10H,16H2,1-2H3;1H4. The minimum atomic E-state index is 0. The summed E-state index contributed by atoms with van der Waals surface area (Å²) in [5.74, 6) is 1.65. The molecule has 94 valence electrons. The molecular formula is C15H20BNO. The molecule has 2 aromatic rings. The molecule has 2 N–H and O–H groups in total. The van der Waals surface area contributed by atoms with E-state index in [2.05, 4.69) is 25.8 Å². The summed E-state index contributed by atoms with van der Waals surface area (Å²) >= 11 is 0. The van der Waals surface area contributed by atoms with E-state index in [4.69, 9.17) is 10.5 Å². The summed E-state index contributed by atoms with van der Waals surface area (Å²) in [6.07, 6.45) is 0. The Bertz CT molecular complexity index is 477. The number of rotatable bonds is 3. The molecule has 0 atom stereocenters. The van der Waals surface area contributed by atoms with Gasteiger partial charge in [-0.3, -0.25) is 0 Å². The Morgan fingerprint density at radius 3 is 1.72 bits per heavy atom. The van der Waals surface area contributed by atoms with E-state index in [1.54, 1.807) is 0 Å². The lowest BCUT2D eigenvalue weighted by Crippen LogP contribution is -2.21. The fourth-order valence-electron chi connectivity index (χ4n) is 1.59. The Morgan fingerprint density at radius 2 is 1.28 bits per heavy atom. The molecule has 0 spiro atoms. The average molecular weight is 241 g/mol. The van der Waals surface area contributed by atoms with Gasteiger partial charge in [-0.2, -0.15) is 0 Å². The first-order valence-electron chi connectivity index (χ1n) is 5.78. The highest BCUT2D eigenvalue weighted by atomic mass is 16.5. The number of ether oxygens (including phenoxy) is 1. The molecule has 0 unspecified atom stereocenters. The van der Waals surface area contributed by atoms with Gasteiger partial charge in [0.1, 0.15) is 11.5 Å². The predicted molar refractivity (Wildman–Crippen MR) is 81.2 cm³/mol. The van der Waals surface area contributed by atoms with Crippen LogP contribution in [0.3, 0.4) is 0 Å². The Balaban J connectivity index is 0.00000162. The normalized spacial score (nSPS) is 9.44. The van der Waals surface area contributed by atoms with Crippen molar-refractivity contribution in [1.82, 2.24) is 0 Å². The van der Waals surface area contributed by atoms with Crippen molar-refractivity contribution in [3.8, 4) is 11.5 Å². The van der Waals surface area contributed by atoms with Crippen LogP contribution >= 0.6 is 0 Å². The molecule has 0 heterocycles. The lowest BCUT2D eigenvalue weighted by molar-refractivity contribution is 0.483. The minimum absolute atomic E-state index is 0. The van der Waals surface area contributed by atoms with Crippen molar-refractivity contribution in [2.45, 2.75) is 21.1 Å². The van der Waals surface area contributed by atoms with E-state index in [-0.39, 0.29) is 7.43 Å². The largest absolute Gasteiger partial charge is 0.457 e. The highest BCUT2D eigenvalue weighted by Crippen LogP contribution is 2.21. The fourth-order valence-corrected chi connectivity index (χ4v) is 1.59. The first-order chi connectivity index (χ1) is 8.15. The zero-order valence-corrected chi connectivity index (χ0v) is 10.2. The molecular weight excluding hydrogens is 221 g/mol. The van der Waals surface area contributed by atoms with E-state index in [0.717, 1.165) is 17.2 Å². The van der Waals surface area contributed by atoms with Crippen molar-refractivity contribution in [2.24, 2.45) is 0 Å². The first kappa shape index (κ1) is 14.2. The van der Waals surface area contributed by atoms with Crippen molar-refractivity contribution >= 4 is 17.9 Å². The predicted octanol–water partition coefficient (Wildman–Crippen LogP) is 3.66. The maximum absolute atomic E-state index is 5.71. The number of anilines is 1. The zero-order valence-electron chi connectivity index (χ0n) is 10.2. The molecule has 0 amide bonds. The second kappa shape index (κ2) is 6.15. The number of hydrogen-bond acceptors (Lipinski definition) is 2. The second-order valence-corrected chi connectivity index (χ2v) is 4.39. The molecule has 0 fully saturated rings. The van der Waals surface area contributed by atoms with Crippen LogP contribution in [0.15, 0.2) is 48.5 Å². The topological polar surface area (TPSA) is 35.2 Å². The number of hydrogen-bond donors (Lipinski definition) is 1. The summed E-state index contributed by atoms with van der Waals surface area (Å²) in [4.78, 5) is 0. The van der Waals surface area contributed by atoms with E-state index in [1.807, 2.05) is 36.4 Å². The second-order valence-electron chi connectivity index (χ2n) is 4.39. The molecule has 0 saturated heterocycles. The SMILES string of the molecule is C.CB(C)c1ccc(Oc2ccc(N)cc2)cc1. The van der Waals surface area contributed by atoms with E-state index in [0.29, 0.717) is 6.71 Å². The number of nitrogen functional groups attached to an aromatic ring is 1. The van der Waals surface area contributed by atoms with Crippen molar-refractivity contribution in [1.29, 1.82) is 0 Å². The molecule has 0 aliphatic rings. The summed E-state index contributed by atoms with van der Waals surface area (Å²) in [7, 11) is 0. The third kappa shape index (κ3) is 3.55. The average Bonchev–Trinajstić information content (AvgIpc) is 2.33. The summed E-state index contributed by atoms with van der Waals surface area (Å²) in [6, 6.07) is 15.6. The molecule has 0 aliphatic carbocycles. The van der Waals surface area contributed by atoms with E-state index in [9.17, 15) is 0 Å². The first-order valence-corrected chi connectivity index (χ1v) is 5.78. The summed E-state index contributed by atoms with van der Waals surface area (Å²) < 4.78 is 5.71. The van der Waals surface area contributed by atoms with Crippen LogP contribution in [-0.2, 0) is 0 Å². The van der Waals surface area contributed by atoms with E-state index in [1.165, 1.54) is 5.46 Å². The zero-order chi connectivity index (χ0) is 12.3. The molecule has 2 nitrogen and oxygen atoms in total. The summed E-state index contributed by atoms with van der Waals surface area (Å²) in [6.45, 7) is 4.90. The minimum Gasteiger partial charge on any atom is -0.457 e. The molecule has 18 heavy (non-hydrogen) atoms. The molecule has 0 bridgehead atoms. The summed E-state index contributed by atoms with van der Waals surface area (Å²) in [5, 5.41) is 0. The molecule has 0 radical (unpaired) electrons. The van der Waals surface area contributed by atoms with Crippen LogP contribution in [0.4, 0.5) is 5.69 Å². The van der Waals surface area contributed by atoms with Gasteiger partial charge in [0.15, 0.2) is 6.71 Å². The molecule has 2 aromatic carbocycles. The molecule has 0 aromatic heterocycles. The van der Waals surface area contributed by atoms with Crippen LogP contribution in [0.5, 0.6) is 11.5 Å². The van der Waals surface area contributed by atoms with Crippen LogP contribution in [0.2, 0.25) is 13.6 Å². The maximum Gasteiger partial charge on any atom is 0.169 e. The van der Waals surface area contributed by atoms with Gasteiger partial charge < -0.3 is 10.5 Å². The van der Waals surface area contributed by atoms with Crippen LogP contribution in [0, 0.1) is 0 Å².